The van der Waals surface area contributed by atoms with Crippen LogP contribution in [-0.4, -0.2) is 6.54 Å². The minimum absolute atomic E-state index is 0.380. The van der Waals surface area contributed by atoms with Crippen molar-refractivity contribution in [3.8, 4) is 17.6 Å². The predicted molar refractivity (Wildman–Crippen MR) is 80.8 cm³/mol. The third kappa shape index (κ3) is 4.00. The van der Waals surface area contributed by atoms with Crippen molar-refractivity contribution in [3.05, 3.63) is 50.7 Å². The van der Waals surface area contributed by atoms with Gasteiger partial charge in [-0.3, -0.25) is 0 Å². The Bertz CT molecular complexity index is 625. The highest BCUT2D eigenvalue weighted by Gasteiger charge is 2.03. The monoisotopic (exact) mass is 291 g/mol. The van der Waals surface area contributed by atoms with Crippen LogP contribution in [0.4, 0.5) is 0 Å². The van der Waals surface area contributed by atoms with Crippen LogP contribution in [0.2, 0.25) is 5.02 Å². The normalized spacial score (nSPS) is 9.84. The summed E-state index contributed by atoms with van der Waals surface area (Å²) < 4.78 is 5.77. The smallest absolute Gasteiger partial charge is 0.124 e. The predicted octanol–water partition coefficient (Wildman–Crippen LogP) is 3.60. The van der Waals surface area contributed by atoms with Gasteiger partial charge >= 0.3 is 0 Å². The van der Waals surface area contributed by atoms with E-state index < -0.39 is 0 Å². The third-order valence-electron chi connectivity index (χ3n) is 2.50. The Morgan fingerprint density at radius 1 is 1.32 bits per heavy atom. The van der Waals surface area contributed by atoms with Gasteiger partial charge in [-0.2, -0.15) is 0 Å². The molecule has 0 unspecified atom stereocenters. The van der Waals surface area contributed by atoms with Crippen molar-refractivity contribution in [1.29, 1.82) is 0 Å². The van der Waals surface area contributed by atoms with Crippen molar-refractivity contribution in [3.63, 3.8) is 0 Å². The Hall–Kier alpha value is -1.47. The van der Waals surface area contributed by atoms with E-state index >= 15 is 0 Å². The highest BCUT2D eigenvalue weighted by molar-refractivity contribution is 7.12. The molecule has 0 amide bonds. The molecule has 0 aliphatic rings. The van der Waals surface area contributed by atoms with Crippen LogP contribution in [0.25, 0.3) is 0 Å². The van der Waals surface area contributed by atoms with E-state index in [1.165, 1.54) is 0 Å². The lowest BCUT2D eigenvalue weighted by atomic mass is 10.2. The first-order chi connectivity index (χ1) is 9.19. The van der Waals surface area contributed by atoms with Crippen molar-refractivity contribution in [2.75, 3.05) is 6.54 Å². The van der Waals surface area contributed by atoms with Gasteiger partial charge in [-0.1, -0.05) is 29.5 Å². The lowest BCUT2D eigenvalue weighted by Gasteiger charge is -2.08. The first kappa shape index (κ1) is 14.0. The Morgan fingerprint density at radius 3 is 2.95 bits per heavy atom. The Morgan fingerprint density at radius 2 is 2.16 bits per heavy atom. The van der Waals surface area contributed by atoms with Crippen molar-refractivity contribution < 1.29 is 4.74 Å². The highest BCUT2D eigenvalue weighted by Crippen LogP contribution is 2.24. The lowest BCUT2D eigenvalue weighted by molar-refractivity contribution is 0.307. The fourth-order valence-electron chi connectivity index (χ4n) is 1.54. The fraction of sp³-hybridized carbons (Fsp3) is 0.200. The minimum atomic E-state index is 0.380. The lowest BCUT2D eigenvalue weighted by Crippen LogP contribution is -1.94. The molecule has 2 rings (SSSR count). The topological polar surface area (TPSA) is 35.2 Å². The molecule has 0 radical (unpaired) electrons. The van der Waals surface area contributed by atoms with Crippen molar-refractivity contribution >= 4 is 22.9 Å². The van der Waals surface area contributed by atoms with Crippen LogP contribution >= 0.6 is 22.9 Å². The molecule has 2 aromatic rings. The molecule has 0 atom stereocenters. The van der Waals surface area contributed by atoms with E-state index in [0.29, 0.717) is 18.2 Å². The molecule has 0 spiro atoms. The van der Waals surface area contributed by atoms with Gasteiger partial charge in [-0.25, -0.2) is 0 Å². The van der Waals surface area contributed by atoms with Gasteiger partial charge in [0.25, 0.3) is 0 Å². The highest BCUT2D eigenvalue weighted by atomic mass is 35.5. The second-order valence-electron chi connectivity index (χ2n) is 3.97. The van der Waals surface area contributed by atoms with Gasteiger partial charge in [0.1, 0.15) is 12.4 Å². The summed E-state index contributed by atoms with van der Waals surface area (Å²) in [6.45, 7) is 2.90. The van der Waals surface area contributed by atoms with E-state index in [1.54, 1.807) is 11.3 Å². The number of ether oxygens (including phenoxy) is 1. The molecule has 1 aromatic heterocycles. The molecular formula is C15H14ClNOS. The minimum Gasteiger partial charge on any atom is -0.488 e. The summed E-state index contributed by atoms with van der Waals surface area (Å²) in [7, 11) is 0. The maximum absolute atomic E-state index is 5.95. The van der Waals surface area contributed by atoms with Gasteiger partial charge in [-0.15, -0.1) is 11.3 Å². The second-order valence-corrected chi connectivity index (χ2v) is 5.58. The molecule has 19 heavy (non-hydrogen) atoms. The van der Waals surface area contributed by atoms with Crippen LogP contribution in [0.5, 0.6) is 5.75 Å². The zero-order valence-electron chi connectivity index (χ0n) is 10.6. The molecule has 0 saturated carbocycles. The molecule has 1 aromatic carbocycles. The van der Waals surface area contributed by atoms with E-state index in [9.17, 15) is 0 Å². The van der Waals surface area contributed by atoms with Gasteiger partial charge in [0.15, 0.2) is 0 Å². The first-order valence-electron chi connectivity index (χ1n) is 5.85. The molecule has 4 heteroatoms. The molecule has 0 aliphatic heterocycles. The van der Waals surface area contributed by atoms with Gasteiger partial charge in [0, 0.05) is 9.90 Å². The van der Waals surface area contributed by atoms with Crippen LogP contribution in [0.3, 0.4) is 0 Å². The van der Waals surface area contributed by atoms with Crippen LogP contribution in [0, 0.1) is 18.8 Å². The summed E-state index contributed by atoms with van der Waals surface area (Å²) >= 11 is 7.57. The molecule has 0 fully saturated rings. The number of rotatable bonds is 3. The number of halogens is 1. The quantitative estimate of drug-likeness (QED) is 0.877. The van der Waals surface area contributed by atoms with Gasteiger partial charge in [0.2, 0.25) is 0 Å². The van der Waals surface area contributed by atoms with Gasteiger partial charge in [-0.05, 0) is 36.8 Å². The number of hydrogen-bond acceptors (Lipinski definition) is 3. The molecule has 98 valence electrons. The Labute approximate surface area is 122 Å². The molecular weight excluding hydrogens is 278 g/mol. The number of benzene rings is 1. The maximum Gasteiger partial charge on any atom is 0.124 e. The summed E-state index contributed by atoms with van der Waals surface area (Å²) in [6, 6.07) is 9.64. The molecule has 0 saturated heterocycles. The van der Waals surface area contributed by atoms with Crippen LogP contribution in [0.15, 0.2) is 30.3 Å². The average molecular weight is 292 g/mol. The number of nitrogens with two attached hydrogens (primary N) is 1. The zero-order valence-corrected chi connectivity index (χ0v) is 12.1. The SMILES string of the molecule is Cc1ccc(Cl)cc1OCc1ccc(C#CCN)s1. The number of thiophene rings is 1. The van der Waals surface area contributed by atoms with Gasteiger partial charge < -0.3 is 10.5 Å². The number of aryl methyl sites for hydroxylation is 1. The van der Waals surface area contributed by atoms with E-state index in [-0.39, 0.29) is 0 Å². The largest absolute Gasteiger partial charge is 0.488 e. The standard InChI is InChI=1S/C15H14ClNOS/c1-11-4-5-12(16)9-15(11)18-10-14-7-6-13(19-14)3-2-8-17/h4-7,9H,8,10,17H2,1H3. The molecule has 1 heterocycles. The van der Waals surface area contributed by atoms with Crippen LogP contribution < -0.4 is 10.5 Å². The Kier molecular flexibility index (Phi) is 4.86. The zero-order chi connectivity index (χ0) is 13.7. The van der Waals surface area contributed by atoms with Crippen LogP contribution in [0.1, 0.15) is 15.3 Å². The van der Waals surface area contributed by atoms with Crippen molar-refractivity contribution in [2.24, 2.45) is 5.73 Å². The molecule has 0 aliphatic carbocycles. The maximum atomic E-state index is 5.95. The fourth-order valence-corrected chi connectivity index (χ4v) is 2.50. The van der Waals surface area contributed by atoms with Crippen molar-refractivity contribution in [1.82, 2.24) is 0 Å². The van der Waals surface area contributed by atoms with E-state index in [2.05, 4.69) is 11.8 Å². The second kappa shape index (κ2) is 6.63. The molecule has 2 N–H and O–H groups in total. The van der Waals surface area contributed by atoms with Crippen molar-refractivity contribution in [2.45, 2.75) is 13.5 Å². The molecule has 2 nitrogen and oxygen atoms in total. The van der Waals surface area contributed by atoms with Crippen LogP contribution in [-0.2, 0) is 6.61 Å². The van der Waals surface area contributed by atoms with Gasteiger partial charge in [0.05, 0.1) is 11.4 Å². The van der Waals surface area contributed by atoms with E-state index in [0.717, 1.165) is 21.1 Å². The Balaban J connectivity index is 2.02. The van der Waals surface area contributed by atoms with E-state index in [4.69, 9.17) is 22.1 Å². The first-order valence-corrected chi connectivity index (χ1v) is 7.05. The summed E-state index contributed by atoms with van der Waals surface area (Å²) in [5.74, 6) is 6.66. The summed E-state index contributed by atoms with van der Waals surface area (Å²) in [4.78, 5) is 2.13. The number of hydrogen-bond donors (Lipinski definition) is 1. The van der Waals surface area contributed by atoms with E-state index in [1.807, 2.05) is 37.3 Å². The molecule has 0 bridgehead atoms. The third-order valence-corrected chi connectivity index (χ3v) is 3.70. The average Bonchev–Trinajstić information content (AvgIpc) is 2.85. The summed E-state index contributed by atoms with van der Waals surface area (Å²) in [5.41, 5.74) is 6.42. The summed E-state index contributed by atoms with van der Waals surface area (Å²) in [6.07, 6.45) is 0. The summed E-state index contributed by atoms with van der Waals surface area (Å²) in [5, 5.41) is 0.682.